The van der Waals surface area contributed by atoms with Crippen LogP contribution in [0.3, 0.4) is 0 Å². The molecule has 6 heteroatoms. The second-order valence-electron chi connectivity index (χ2n) is 10.3. The summed E-state index contributed by atoms with van der Waals surface area (Å²) in [6.45, 7) is 5.44. The van der Waals surface area contributed by atoms with Gasteiger partial charge in [-0.3, -0.25) is 14.5 Å². The summed E-state index contributed by atoms with van der Waals surface area (Å²) in [5.74, 6) is 2.54. The molecule has 1 heterocycles. The molecule has 4 bridgehead atoms. The Hall–Kier alpha value is -1.92. The average molecular weight is 426 g/mol. The van der Waals surface area contributed by atoms with Gasteiger partial charge in [-0.05, 0) is 74.0 Å². The number of nitrogens with zero attached hydrogens (tertiary/aromatic N) is 1. The lowest BCUT2D eigenvalue weighted by Gasteiger charge is -2.55. The number of carbonyl (C=O) groups is 2. The van der Waals surface area contributed by atoms with Crippen molar-refractivity contribution >= 4 is 11.8 Å². The first-order valence-electron chi connectivity index (χ1n) is 12.1. The highest BCUT2D eigenvalue weighted by atomic mass is 16.5. The van der Waals surface area contributed by atoms with Gasteiger partial charge in [0.1, 0.15) is 0 Å². The largest absolute Gasteiger partial charge is 0.379 e. The van der Waals surface area contributed by atoms with Gasteiger partial charge in [0.15, 0.2) is 0 Å². The minimum Gasteiger partial charge on any atom is -0.379 e. The molecule has 0 radical (unpaired) electrons. The second kappa shape index (κ2) is 8.91. The molecule has 5 aliphatic rings. The normalized spacial score (nSPS) is 32.1. The van der Waals surface area contributed by atoms with Gasteiger partial charge in [-0.25, -0.2) is 0 Å². The molecule has 5 fully saturated rings. The minimum absolute atomic E-state index is 0.0441. The smallest absolute Gasteiger partial charge is 0.251 e. The highest BCUT2D eigenvalue weighted by molar-refractivity contribution is 5.94. The first kappa shape index (κ1) is 21.0. The van der Waals surface area contributed by atoms with Crippen LogP contribution >= 0.6 is 0 Å². The van der Waals surface area contributed by atoms with Crippen molar-refractivity contribution in [1.82, 2.24) is 15.5 Å². The third kappa shape index (κ3) is 4.65. The summed E-state index contributed by atoms with van der Waals surface area (Å²) in [7, 11) is 0. The van der Waals surface area contributed by atoms with Crippen molar-refractivity contribution in [3.63, 3.8) is 0 Å². The van der Waals surface area contributed by atoms with Gasteiger partial charge in [0, 0.05) is 43.7 Å². The maximum absolute atomic E-state index is 13.1. The molecule has 168 valence electrons. The van der Waals surface area contributed by atoms with Gasteiger partial charge in [-0.15, -0.1) is 0 Å². The second-order valence-corrected chi connectivity index (χ2v) is 10.3. The fourth-order valence-corrected chi connectivity index (χ4v) is 6.79. The third-order valence-electron chi connectivity index (χ3n) is 8.01. The molecule has 1 aromatic carbocycles. The van der Waals surface area contributed by atoms with Crippen molar-refractivity contribution in [3.05, 3.63) is 35.4 Å². The first-order chi connectivity index (χ1) is 15.1. The van der Waals surface area contributed by atoms with Crippen LogP contribution in [0.15, 0.2) is 24.3 Å². The van der Waals surface area contributed by atoms with Crippen LogP contribution in [0.25, 0.3) is 0 Å². The maximum Gasteiger partial charge on any atom is 0.251 e. The number of morpholine rings is 1. The van der Waals surface area contributed by atoms with Crippen molar-refractivity contribution in [2.45, 2.75) is 45.1 Å². The number of hydrogen-bond acceptors (Lipinski definition) is 4. The zero-order valence-corrected chi connectivity index (χ0v) is 18.4. The van der Waals surface area contributed by atoms with E-state index in [1.54, 1.807) is 0 Å². The summed E-state index contributed by atoms with van der Waals surface area (Å²) in [5.41, 5.74) is 1.61. The van der Waals surface area contributed by atoms with Crippen LogP contribution in [-0.2, 0) is 16.1 Å². The molecule has 2 N–H and O–H groups in total. The quantitative estimate of drug-likeness (QED) is 0.705. The lowest BCUT2D eigenvalue weighted by Crippen LogP contribution is -2.53. The van der Waals surface area contributed by atoms with E-state index in [0.29, 0.717) is 18.7 Å². The molecule has 1 saturated heterocycles. The summed E-state index contributed by atoms with van der Waals surface area (Å²) in [5, 5.41) is 6.22. The Labute approximate surface area is 185 Å². The monoisotopic (exact) mass is 425 g/mol. The predicted molar refractivity (Wildman–Crippen MR) is 118 cm³/mol. The molecule has 1 aromatic rings. The van der Waals surface area contributed by atoms with Crippen LogP contribution in [0.2, 0.25) is 0 Å². The highest BCUT2D eigenvalue weighted by Crippen LogP contribution is 2.60. The zero-order chi connectivity index (χ0) is 21.3. The molecule has 2 amide bonds. The molecule has 6 rings (SSSR count). The Bertz CT molecular complexity index is 765. The molecule has 31 heavy (non-hydrogen) atoms. The topological polar surface area (TPSA) is 70.7 Å². The predicted octanol–water partition coefficient (Wildman–Crippen LogP) is 2.58. The number of amides is 2. The van der Waals surface area contributed by atoms with Crippen molar-refractivity contribution in [2.24, 2.45) is 23.2 Å². The Kier molecular flexibility index (Phi) is 6.02. The number of carbonyl (C=O) groups excluding carboxylic acids is 2. The van der Waals surface area contributed by atoms with Gasteiger partial charge in [0.2, 0.25) is 5.91 Å². The third-order valence-corrected chi connectivity index (χ3v) is 8.01. The van der Waals surface area contributed by atoms with Crippen LogP contribution in [0, 0.1) is 23.2 Å². The van der Waals surface area contributed by atoms with E-state index in [1.165, 1.54) is 19.3 Å². The van der Waals surface area contributed by atoms with Gasteiger partial charge < -0.3 is 15.4 Å². The van der Waals surface area contributed by atoms with Crippen molar-refractivity contribution in [3.8, 4) is 0 Å². The zero-order valence-electron chi connectivity index (χ0n) is 18.4. The van der Waals surface area contributed by atoms with E-state index in [0.717, 1.165) is 75.4 Å². The summed E-state index contributed by atoms with van der Waals surface area (Å²) in [4.78, 5) is 27.8. The molecule has 0 unspecified atom stereocenters. The van der Waals surface area contributed by atoms with Crippen LogP contribution in [0.1, 0.15) is 54.4 Å². The standard InChI is InChI=1S/C25H35N3O3/c29-23(26-5-6-28-7-9-31-10-8-28)22-3-1-18(2-4-22)17-27-24(30)25-14-19-11-20(15-25)13-21(12-19)16-25/h1-4,19-21H,5-17H2,(H,26,29)(H,27,30). The fraction of sp³-hybridized carbons (Fsp3) is 0.680. The molecule has 6 nitrogen and oxygen atoms in total. The van der Waals surface area contributed by atoms with Crippen LogP contribution in [0.5, 0.6) is 0 Å². The first-order valence-corrected chi connectivity index (χ1v) is 12.1. The number of rotatable bonds is 7. The fourth-order valence-electron chi connectivity index (χ4n) is 6.79. The van der Waals surface area contributed by atoms with E-state index < -0.39 is 0 Å². The van der Waals surface area contributed by atoms with Gasteiger partial charge >= 0.3 is 0 Å². The SMILES string of the molecule is O=C(NCCN1CCOCC1)c1ccc(CNC(=O)C23CC4CC(CC(C4)C2)C3)cc1. The van der Waals surface area contributed by atoms with Crippen LogP contribution in [-0.4, -0.2) is 56.1 Å². The van der Waals surface area contributed by atoms with E-state index in [-0.39, 0.29) is 17.2 Å². The van der Waals surface area contributed by atoms with Crippen LogP contribution in [0.4, 0.5) is 0 Å². The van der Waals surface area contributed by atoms with E-state index in [1.807, 2.05) is 24.3 Å². The average Bonchev–Trinajstić information content (AvgIpc) is 2.77. The molecule has 4 saturated carbocycles. The summed E-state index contributed by atoms with van der Waals surface area (Å²) < 4.78 is 5.35. The van der Waals surface area contributed by atoms with E-state index in [9.17, 15) is 9.59 Å². The Balaban J connectivity index is 1.09. The molecule has 1 aliphatic heterocycles. The van der Waals surface area contributed by atoms with Gasteiger partial charge in [-0.1, -0.05) is 12.1 Å². The lowest BCUT2D eigenvalue weighted by molar-refractivity contribution is -0.146. The van der Waals surface area contributed by atoms with Crippen LogP contribution < -0.4 is 10.6 Å². The minimum atomic E-state index is -0.102. The Morgan fingerprint density at radius 2 is 1.55 bits per heavy atom. The molecular formula is C25H35N3O3. The number of ether oxygens (including phenoxy) is 1. The van der Waals surface area contributed by atoms with Gasteiger partial charge in [0.05, 0.1) is 13.2 Å². The summed E-state index contributed by atoms with van der Waals surface area (Å²) in [6.07, 6.45) is 7.32. The summed E-state index contributed by atoms with van der Waals surface area (Å²) in [6, 6.07) is 7.63. The van der Waals surface area contributed by atoms with Gasteiger partial charge in [-0.2, -0.15) is 0 Å². The lowest BCUT2D eigenvalue weighted by atomic mass is 9.49. The molecule has 0 aromatic heterocycles. The number of benzene rings is 1. The molecule has 0 atom stereocenters. The van der Waals surface area contributed by atoms with E-state index in [4.69, 9.17) is 4.74 Å². The van der Waals surface area contributed by atoms with Gasteiger partial charge in [0.25, 0.3) is 5.91 Å². The van der Waals surface area contributed by atoms with E-state index in [2.05, 4.69) is 15.5 Å². The van der Waals surface area contributed by atoms with Crippen molar-refractivity contribution in [1.29, 1.82) is 0 Å². The Morgan fingerprint density at radius 1 is 0.935 bits per heavy atom. The molecule has 4 aliphatic carbocycles. The number of nitrogens with one attached hydrogen (secondary N) is 2. The van der Waals surface area contributed by atoms with Crippen molar-refractivity contribution < 1.29 is 14.3 Å². The van der Waals surface area contributed by atoms with Crippen molar-refractivity contribution in [2.75, 3.05) is 39.4 Å². The molecular weight excluding hydrogens is 390 g/mol. The van der Waals surface area contributed by atoms with E-state index >= 15 is 0 Å². The highest BCUT2D eigenvalue weighted by Gasteiger charge is 2.54. The number of hydrogen-bond donors (Lipinski definition) is 2. The summed E-state index contributed by atoms with van der Waals surface area (Å²) >= 11 is 0. The Morgan fingerprint density at radius 3 is 2.16 bits per heavy atom. The maximum atomic E-state index is 13.1. The molecule has 0 spiro atoms.